The Morgan fingerprint density at radius 1 is 0.600 bits per heavy atom. The molecule has 5 heteroatoms. The summed E-state index contributed by atoms with van der Waals surface area (Å²) in [6.07, 6.45) is 8.47. The summed E-state index contributed by atoms with van der Waals surface area (Å²) in [5, 5.41) is 0. The first-order valence-corrected chi connectivity index (χ1v) is 27.0. The third-order valence-electron chi connectivity index (χ3n) is 11.5. The van der Waals surface area contributed by atoms with Gasteiger partial charge in [-0.05, 0) is 22.2 Å². The first-order chi connectivity index (χ1) is 22.1. The number of benzene rings is 4. The molecule has 2 aliphatic heterocycles. The Balaban J connectivity index is 0.000000146. The molecule has 45 heavy (non-hydrogen) atoms. The Hall–Kier alpha value is -1.39. The average Bonchev–Trinajstić information content (AvgIpc) is 3.55. The quantitative estimate of drug-likeness (QED) is 0.127. The van der Waals surface area contributed by atoms with Gasteiger partial charge in [0.1, 0.15) is 0 Å². The van der Waals surface area contributed by atoms with Crippen LogP contribution in [-0.4, -0.2) is 16.1 Å². The van der Waals surface area contributed by atoms with Gasteiger partial charge in [-0.25, -0.2) is 0 Å². The zero-order valence-corrected chi connectivity index (χ0v) is 32.1. The maximum atomic E-state index is 4.89. The molecule has 0 aromatic heterocycles. The van der Waals surface area contributed by atoms with Gasteiger partial charge in [-0.1, -0.05) is 148 Å². The molecule has 0 radical (unpaired) electrons. The van der Waals surface area contributed by atoms with E-state index in [1.165, 1.54) is 108 Å². The summed E-state index contributed by atoms with van der Waals surface area (Å²) in [6, 6.07) is 47.9. The van der Waals surface area contributed by atoms with Crippen molar-refractivity contribution in [3.8, 4) is 22.3 Å². The third-order valence-corrected chi connectivity index (χ3v) is 23.2. The van der Waals surface area contributed by atoms with Crippen molar-refractivity contribution in [2.75, 3.05) is 0 Å². The van der Waals surface area contributed by atoms with Crippen LogP contribution in [0, 0.1) is 12.1 Å². The predicted octanol–water partition coefficient (Wildman–Crippen LogP) is 13.0. The van der Waals surface area contributed by atoms with Crippen molar-refractivity contribution in [3.05, 3.63) is 119 Å². The van der Waals surface area contributed by atoms with Gasteiger partial charge in [0.15, 0.2) is 0 Å². The molecule has 2 heterocycles. The summed E-state index contributed by atoms with van der Waals surface area (Å²) < 4.78 is 0. The van der Waals surface area contributed by atoms with E-state index >= 15 is 0 Å². The van der Waals surface area contributed by atoms with E-state index in [9.17, 15) is 0 Å². The molecule has 4 aromatic rings. The molecule has 8 rings (SSSR count). The van der Waals surface area contributed by atoms with Crippen LogP contribution in [0.5, 0.6) is 0 Å². The summed E-state index contributed by atoms with van der Waals surface area (Å²) in [7, 11) is 7.45. The number of fused-ring (bicyclic) bond motifs is 6. The van der Waals surface area contributed by atoms with Crippen molar-refractivity contribution in [2.24, 2.45) is 0 Å². The second-order valence-electron chi connectivity index (χ2n) is 13.7. The van der Waals surface area contributed by atoms with E-state index in [4.69, 9.17) is 18.6 Å². The molecule has 234 valence electrons. The number of hydrogen-bond donors (Lipinski definition) is 0. The Labute approximate surface area is 291 Å². The standard InChI is InChI=1S/2C20H23Si.2ClH.Ti/c2*1-2-3-13-21(14-8-15-21)20-18-11-6-4-9-16(18)17-10-5-7-12-19(17)20;;;/h2*4-7,9-11,20H,2-3,8,13-15H2,1H3;2*1H;/q2*-1;;;+2/p-2. The second kappa shape index (κ2) is 15.2. The van der Waals surface area contributed by atoms with Gasteiger partial charge < -0.3 is 0 Å². The molecular weight excluding hydrogens is 655 g/mol. The van der Waals surface area contributed by atoms with Crippen molar-refractivity contribution >= 4 is 34.8 Å². The number of hydrogen-bond acceptors (Lipinski definition) is 0. The molecule has 2 atom stereocenters. The molecule has 4 aromatic carbocycles. The van der Waals surface area contributed by atoms with Crippen molar-refractivity contribution in [2.45, 2.75) is 99.7 Å². The van der Waals surface area contributed by atoms with Gasteiger partial charge in [0.25, 0.3) is 0 Å². The fourth-order valence-electron chi connectivity index (χ4n) is 9.10. The second-order valence-corrected chi connectivity index (χ2v) is 25.9. The van der Waals surface area contributed by atoms with Crippen molar-refractivity contribution < 1.29 is 17.0 Å². The van der Waals surface area contributed by atoms with Crippen LogP contribution >= 0.6 is 18.6 Å². The molecule has 2 saturated heterocycles. The van der Waals surface area contributed by atoms with E-state index in [-0.39, 0.29) is 0 Å². The van der Waals surface area contributed by atoms with Gasteiger partial charge in [0.2, 0.25) is 0 Å². The Kier molecular flexibility index (Phi) is 11.3. The van der Waals surface area contributed by atoms with Gasteiger partial charge in [0.05, 0.1) is 16.1 Å². The monoisotopic (exact) mass is 700 g/mol. The first kappa shape index (κ1) is 33.5. The van der Waals surface area contributed by atoms with Crippen LogP contribution in [0.25, 0.3) is 22.3 Å². The third kappa shape index (κ3) is 6.42. The van der Waals surface area contributed by atoms with Gasteiger partial charge in [-0.3, -0.25) is 0 Å². The van der Waals surface area contributed by atoms with Crippen LogP contribution in [0.15, 0.2) is 84.9 Å². The van der Waals surface area contributed by atoms with E-state index in [0.717, 1.165) is 11.1 Å². The summed E-state index contributed by atoms with van der Waals surface area (Å²) in [6.45, 7) is 4.67. The molecule has 0 saturated carbocycles. The zero-order chi connectivity index (χ0) is 31.3. The van der Waals surface area contributed by atoms with Crippen LogP contribution in [0.2, 0.25) is 36.3 Å². The molecule has 0 amide bonds. The van der Waals surface area contributed by atoms with Crippen LogP contribution in [0.3, 0.4) is 0 Å². The summed E-state index contributed by atoms with van der Waals surface area (Å²) in [5.41, 5.74) is 13.7. The fourth-order valence-corrected chi connectivity index (χ4v) is 20.0. The van der Waals surface area contributed by atoms with E-state index in [2.05, 4.69) is 111 Å². The molecular formula is C40H46Cl2Si2Ti-2. The molecule has 0 spiro atoms. The summed E-state index contributed by atoms with van der Waals surface area (Å²) >= 11 is -0.556. The summed E-state index contributed by atoms with van der Waals surface area (Å²) in [5.74, 6) is 0. The molecule has 2 fully saturated rings. The van der Waals surface area contributed by atoms with Gasteiger partial charge in [0, 0.05) is 0 Å². The number of unbranched alkanes of at least 4 members (excludes halogenated alkanes) is 2. The molecule has 2 unspecified atom stereocenters. The van der Waals surface area contributed by atoms with Gasteiger partial charge in [-0.15, -0.1) is 22.3 Å². The number of rotatable bonds is 8. The molecule has 0 N–H and O–H groups in total. The van der Waals surface area contributed by atoms with E-state index in [1.807, 2.05) is 0 Å². The summed E-state index contributed by atoms with van der Waals surface area (Å²) in [4.78, 5) is 0. The fraction of sp³-hybridized carbons (Fsp3) is 0.400. The van der Waals surface area contributed by atoms with E-state index < -0.39 is 33.2 Å². The topological polar surface area (TPSA) is 0 Å². The van der Waals surface area contributed by atoms with Crippen LogP contribution in [0.4, 0.5) is 0 Å². The van der Waals surface area contributed by atoms with Crippen molar-refractivity contribution in [1.29, 1.82) is 0 Å². The maximum absolute atomic E-state index is 4.89. The van der Waals surface area contributed by atoms with Crippen LogP contribution in [0.1, 0.15) is 85.7 Å². The Morgan fingerprint density at radius 3 is 1.33 bits per heavy atom. The van der Waals surface area contributed by atoms with E-state index in [1.54, 1.807) is 11.1 Å². The van der Waals surface area contributed by atoms with Gasteiger partial charge >= 0.3 is 35.6 Å². The van der Waals surface area contributed by atoms with Crippen molar-refractivity contribution in [1.82, 2.24) is 0 Å². The molecule has 4 aliphatic rings. The normalized spacial score (nSPS) is 20.4. The van der Waals surface area contributed by atoms with E-state index in [0.29, 0.717) is 0 Å². The molecule has 0 bridgehead atoms. The van der Waals surface area contributed by atoms with Crippen molar-refractivity contribution in [3.63, 3.8) is 0 Å². The van der Waals surface area contributed by atoms with Crippen LogP contribution < -0.4 is 0 Å². The number of halogens is 2. The SMILES string of the molecule is CCCC[Si]1(C2c3[c-]cccc3-c3ccccc32)CCC1.CCCC[Si]1(C2c3[c-]cccc3-c3ccccc32)CCC1.[Cl][Ti][Cl]. The minimum absolute atomic E-state index is 0.556. The average molecular weight is 702 g/mol. The first-order valence-electron chi connectivity index (χ1n) is 17.3. The molecule has 2 aliphatic carbocycles. The molecule has 0 nitrogen and oxygen atoms in total. The Morgan fingerprint density at radius 2 is 0.978 bits per heavy atom. The van der Waals surface area contributed by atoms with Crippen LogP contribution in [-0.2, 0) is 17.0 Å². The predicted molar refractivity (Wildman–Crippen MR) is 196 cm³/mol. The minimum atomic E-state index is -1.16. The van der Waals surface area contributed by atoms with Gasteiger partial charge in [-0.2, -0.15) is 48.5 Å². The zero-order valence-electron chi connectivity index (χ0n) is 27.0. The Bertz CT molecular complexity index is 1370.